The zero-order chi connectivity index (χ0) is 9.60. The molecule has 1 nitrogen and oxygen atoms in total. The molecule has 3 rings (SSSR count). The van der Waals surface area contributed by atoms with E-state index >= 15 is 0 Å². The number of aromatic nitrogens is 1. The van der Waals surface area contributed by atoms with Crippen LogP contribution in [0, 0.1) is 12.3 Å². The summed E-state index contributed by atoms with van der Waals surface area (Å²) in [6, 6.07) is 8.43. The number of nitrogens with one attached hydrogen (secondary N) is 1. The Morgan fingerprint density at radius 1 is 1.29 bits per heavy atom. The molecule has 0 spiro atoms. The van der Waals surface area contributed by atoms with Crippen LogP contribution in [-0.2, 0) is 5.41 Å². The summed E-state index contributed by atoms with van der Waals surface area (Å²) >= 11 is 0. The zero-order valence-corrected chi connectivity index (χ0v) is 7.88. The summed E-state index contributed by atoms with van der Waals surface area (Å²) in [5.41, 5.74) is 2.55. The van der Waals surface area contributed by atoms with Crippen LogP contribution in [0.1, 0.15) is 18.4 Å². The van der Waals surface area contributed by atoms with Gasteiger partial charge < -0.3 is 4.98 Å². The fourth-order valence-corrected chi connectivity index (χ4v) is 2.12. The first-order valence-corrected chi connectivity index (χ1v) is 4.90. The van der Waals surface area contributed by atoms with E-state index in [9.17, 15) is 0 Å². The van der Waals surface area contributed by atoms with Crippen molar-refractivity contribution in [1.29, 1.82) is 0 Å². The Bertz CT molecular complexity index is 523. The molecular weight excluding hydrogens is 170 g/mol. The van der Waals surface area contributed by atoms with E-state index in [1.807, 2.05) is 6.20 Å². The number of rotatable bonds is 1. The molecule has 0 atom stereocenters. The maximum absolute atomic E-state index is 5.60. The highest BCUT2D eigenvalue weighted by molar-refractivity contribution is 5.85. The van der Waals surface area contributed by atoms with Gasteiger partial charge >= 0.3 is 0 Å². The van der Waals surface area contributed by atoms with Gasteiger partial charge in [-0.15, -0.1) is 6.42 Å². The third-order valence-electron chi connectivity index (χ3n) is 3.14. The monoisotopic (exact) mass is 181 g/mol. The van der Waals surface area contributed by atoms with Gasteiger partial charge in [-0.25, -0.2) is 0 Å². The molecule has 0 bridgehead atoms. The molecular formula is C13H11N. The zero-order valence-electron chi connectivity index (χ0n) is 7.88. The highest BCUT2D eigenvalue weighted by Gasteiger charge is 2.43. The highest BCUT2D eigenvalue weighted by atomic mass is 14.7. The Hall–Kier alpha value is -1.68. The van der Waals surface area contributed by atoms with Crippen molar-refractivity contribution >= 4 is 10.9 Å². The Balaban J connectivity index is 2.32. The molecule has 0 amide bonds. The van der Waals surface area contributed by atoms with Crippen molar-refractivity contribution in [3.63, 3.8) is 0 Å². The average Bonchev–Trinajstić information content (AvgIpc) is 2.87. The summed E-state index contributed by atoms with van der Waals surface area (Å²) < 4.78 is 0. The number of aromatic amines is 1. The van der Waals surface area contributed by atoms with Crippen molar-refractivity contribution in [3.05, 3.63) is 36.0 Å². The van der Waals surface area contributed by atoms with E-state index in [-0.39, 0.29) is 5.41 Å². The van der Waals surface area contributed by atoms with Gasteiger partial charge in [0.05, 0.1) is 5.41 Å². The third kappa shape index (κ3) is 0.858. The normalized spacial score (nSPS) is 17.9. The fraction of sp³-hybridized carbons (Fsp3) is 0.231. The van der Waals surface area contributed by atoms with E-state index in [1.165, 1.54) is 16.5 Å². The molecule has 0 aliphatic heterocycles. The van der Waals surface area contributed by atoms with Crippen molar-refractivity contribution in [1.82, 2.24) is 4.98 Å². The Labute approximate surface area is 83.1 Å². The van der Waals surface area contributed by atoms with Gasteiger partial charge in [-0.2, -0.15) is 0 Å². The Morgan fingerprint density at radius 2 is 2.14 bits per heavy atom. The van der Waals surface area contributed by atoms with Crippen LogP contribution in [-0.4, -0.2) is 4.98 Å². The number of fused-ring (bicyclic) bond motifs is 1. The number of benzene rings is 1. The Kier molecular flexibility index (Phi) is 1.33. The molecule has 1 aromatic carbocycles. The van der Waals surface area contributed by atoms with Crippen LogP contribution in [0.4, 0.5) is 0 Å². The average molecular weight is 181 g/mol. The van der Waals surface area contributed by atoms with E-state index in [0.717, 1.165) is 12.8 Å². The summed E-state index contributed by atoms with van der Waals surface area (Å²) in [4.78, 5) is 3.22. The van der Waals surface area contributed by atoms with Crippen LogP contribution < -0.4 is 0 Å². The van der Waals surface area contributed by atoms with Crippen LogP contribution in [0.15, 0.2) is 30.5 Å². The first kappa shape index (κ1) is 7.70. The predicted molar refractivity (Wildman–Crippen MR) is 58.0 cm³/mol. The van der Waals surface area contributed by atoms with Crippen LogP contribution in [0.25, 0.3) is 10.9 Å². The Morgan fingerprint density at radius 3 is 2.86 bits per heavy atom. The van der Waals surface area contributed by atoms with Gasteiger partial charge in [0.25, 0.3) is 0 Å². The molecule has 1 aliphatic rings. The first-order chi connectivity index (χ1) is 6.86. The second kappa shape index (κ2) is 2.42. The van der Waals surface area contributed by atoms with E-state index in [1.54, 1.807) is 0 Å². The quantitative estimate of drug-likeness (QED) is 0.651. The van der Waals surface area contributed by atoms with Gasteiger partial charge in [0.15, 0.2) is 0 Å². The summed E-state index contributed by atoms with van der Waals surface area (Å²) in [6.07, 6.45) is 9.84. The molecule has 0 saturated heterocycles. The third-order valence-corrected chi connectivity index (χ3v) is 3.14. The van der Waals surface area contributed by atoms with Crippen LogP contribution in [0.5, 0.6) is 0 Å². The van der Waals surface area contributed by atoms with E-state index in [2.05, 4.69) is 35.2 Å². The van der Waals surface area contributed by atoms with E-state index in [4.69, 9.17) is 6.42 Å². The maximum Gasteiger partial charge on any atom is 0.0568 e. The summed E-state index contributed by atoms with van der Waals surface area (Å²) in [5, 5.41) is 1.28. The molecule has 0 radical (unpaired) electrons. The topological polar surface area (TPSA) is 15.8 Å². The SMILES string of the molecule is C#CC1(c2cccc3[nH]ccc23)CC1. The van der Waals surface area contributed by atoms with Crippen LogP contribution in [0.2, 0.25) is 0 Å². The molecule has 14 heavy (non-hydrogen) atoms. The number of terminal acetylenes is 1. The standard InChI is InChI=1S/C13H11N/c1-2-13(7-8-13)11-4-3-5-12-10(11)6-9-14-12/h1,3-6,9,14H,7-8H2. The number of hydrogen-bond acceptors (Lipinski definition) is 0. The van der Waals surface area contributed by atoms with E-state index in [0.29, 0.717) is 0 Å². The summed E-state index contributed by atoms with van der Waals surface area (Å²) in [5.74, 6) is 2.94. The minimum absolute atomic E-state index is 0.0434. The van der Waals surface area contributed by atoms with Crippen molar-refractivity contribution in [2.75, 3.05) is 0 Å². The van der Waals surface area contributed by atoms with Gasteiger partial charge in [-0.05, 0) is 30.5 Å². The number of H-pyrrole nitrogens is 1. The molecule has 1 fully saturated rings. The lowest BCUT2D eigenvalue weighted by atomic mass is 9.94. The molecule has 1 saturated carbocycles. The minimum Gasteiger partial charge on any atom is -0.361 e. The largest absolute Gasteiger partial charge is 0.361 e. The van der Waals surface area contributed by atoms with Gasteiger partial charge in [-0.3, -0.25) is 0 Å². The maximum atomic E-state index is 5.60. The molecule has 0 unspecified atom stereocenters. The van der Waals surface area contributed by atoms with Crippen molar-refractivity contribution in [2.24, 2.45) is 0 Å². The lowest BCUT2D eigenvalue weighted by Gasteiger charge is -2.08. The lowest BCUT2D eigenvalue weighted by Crippen LogP contribution is -2.02. The lowest BCUT2D eigenvalue weighted by molar-refractivity contribution is 0.944. The first-order valence-electron chi connectivity index (χ1n) is 4.90. The van der Waals surface area contributed by atoms with Gasteiger partial charge in [0.1, 0.15) is 0 Å². The van der Waals surface area contributed by atoms with Crippen LogP contribution >= 0.6 is 0 Å². The van der Waals surface area contributed by atoms with Gasteiger partial charge in [-0.1, -0.05) is 18.1 Å². The fourth-order valence-electron chi connectivity index (χ4n) is 2.12. The molecule has 1 aromatic heterocycles. The molecule has 1 heterocycles. The second-order valence-electron chi connectivity index (χ2n) is 3.97. The number of hydrogen-bond donors (Lipinski definition) is 1. The molecule has 1 heteroatoms. The summed E-state index contributed by atoms with van der Waals surface area (Å²) in [6.45, 7) is 0. The van der Waals surface area contributed by atoms with Gasteiger partial charge in [0.2, 0.25) is 0 Å². The molecule has 68 valence electrons. The highest BCUT2D eigenvalue weighted by Crippen LogP contribution is 2.49. The smallest absolute Gasteiger partial charge is 0.0568 e. The van der Waals surface area contributed by atoms with Crippen molar-refractivity contribution in [2.45, 2.75) is 18.3 Å². The predicted octanol–water partition coefficient (Wildman–Crippen LogP) is 2.83. The van der Waals surface area contributed by atoms with Crippen molar-refractivity contribution < 1.29 is 0 Å². The minimum atomic E-state index is 0.0434. The summed E-state index contributed by atoms with van der Waals surface area (Å²) in [7, 11) is 0. The van der Waals surface area contributed by atoms with E-state index < -0.39 is 0 Å². The van der Waals surface area contributed by atoms with Gasteiger partial charge in [0, 0.05) is 17.1 Å². The second-order valence-corrected chi connectivity index (χ2v) is 3.97. The van der Waals surface area contributed by atoms with Crippen LogP contribution in [0.3, 0.4) is 0 Å². The molecule has 1 N–H and O–H groups in total. The molecule has 1 aliphatic carbocycles. The van der Waals surface area contributed by atoms with Crippen molar-refractivity contribution in [3.8, 4) is 12.3 Å². The molecule has 2 aromatic rings.